The Balaban J connectivity index is 2.16. The number of hydrogen-bond donors (Lipinski definition) is 1. The number of nitrogens with one attached hydrogen (secondary N) is 1. The van der Waals surface area contributed by atoms with Crippen molar-refractivity contribution in [2.75, 3.05) is 26.9 Å². The van der Waals surface area contributed by atoms with E-state index < -0.39 is 39.0 Å². The summed E-state index contributed by atoms with van der Waals surface area (Å²) in [6.45, 7) is 10.1. The quantitative estimate of drug-likeness (QED) is 0.718. The number of aromatic nitrogens is 1. The summed E-state index contributed by atoms with van der Waals surface area (Å²) in [5.74, 6) is -3.07. The molecule has 0 aromatic carbocycles. The van der Waals surface area contributed by atoms with Gasteiger partial charge in [0.15, 0.2) is 8.32 Å². The second-order valence-corrected chi connectivity index (χ2v) is 13.6. The molecule has 1 aliphatic rings. The number of pyridine rings is 1. The lowest BCUT2D eigenvalue weighted by molar-refractivity contribution is -0.0225. The molecule has 158 valence electrons. The lowest BCUT2D eigenvalue weighted by atomic mass is 10.1. The number of alkyl halides is 2. The first-order chi connectivity index (χ1) is 12.8. The second-order valence-electron chi connectivity index (χ2n) is 8.76. The third-order valence-electron chi connectivity index (χ3n) is 5.67. The highest BCUT2D eigenvalue weighted by atomic mass is 28.4. The van der Waals surface area contributed by atoms with E-state index >= 15 is 0 Å². The fraction of sp³-hybridized carbons (Fsp3) is 0.684. The molecule has 28 heavy (non-hydrogen) atoms. The molecule has 2 rings (SSSR count). The van der Waals surface area contributed by atoms with Crippen LogP contribution in [-0.2, 0) is 9.16 Å². The third kappa shape index (κ3) is 5.27. The number of amides is 2. The highest BCUT2D eigenvalue weighted by molar-refractivity contribution is 6.74. The van der Waals surface area contributed by atoms with E-state index in [-0.39, 0.29) is 18.3 Å². The zero-order valence-electron chi connectivity index (χ0n) is 17.5. The number of rotatable bonds is 6. The Labute approximate surface area is 166 Å². The summed E-state index contributed by atoms with van der Waals surface area (Å²) in [7, 11) is -0.467. The Kier molecular flexibility index (Phi) is 6.83. The molecule has 9 heteroatoms. The molecule has 1 saturated heterocycles. The first-order valence-electron chi connectivity index (χ1n) is 9.38. The van der Waals surface area contributed by atoms with Crippen LogP contribution in [0.2, 0.25) is 18.1 Å². The lowest BCUT2D eigenvalue weighted by Crippen LogP contribution is -2.52. The largest absolute Gasteiger partial charge is 0.414 e. The normalized spacial score (nSPS) is 20.6. The molecule has 2 amide bonds. The molecule has 6 nitrogen and oxygen atoms in total. The van der Waals surface area contributed by atoms with Crippen molar-refractivity contribution in [3.05, 3.63) is 30.1 Å². The number of ether oxygens (including phenoxy) is 1. The SMILES string of the molecule is CN(C(=O)NC1COCC1(F)F)C(CO[Si](C)(C)C(C)(C)C)c1ccncc1. The van der Waals surface area contributed by atoms with Crippen LogP contribution < -0.4 is 5.32 Å². The number of carbonyl (C=O) groups excluding carboxylic acids is 1. The molecule has 1 fully saturated rings. The Morgan fingerprint density at radius 2 is 2.04 bits per heavy atom. The standard InChI is InChI=1S/C19H31F2N3O3Si/c1-18(2,3)28(5,6)27-11-15(14-7-9-22-10-8-14)24(4)17(25)23-16-12-26-13-19(16,20)21/h7-10,15-16H,11-13H2,1-6H3,(H,23,25). The maximum absolute atomic E-state index is 13.8. The molecule has 1 N–H and O–H groups in total. The van der Waals surface area contributed by atoms with Crippen LogP contribution in [-0.4, -0.2) is 63.1 Å². The van der Waals surface area contributed by atoms with Gasteiger partial charge >= 0.3 is 6.03 Å². The van der Waals surface area contributed by atoms with Gasteiger partial charge in [0.2, 0.25) is 0 Å². The number of likely N-dealkylation sites (N-methyl/N-ethyl adjacent to an activating group) is 1. The van der Waals surface area contributed by atoms with Gasteiger partial charge in [0.25, 0.3) is 5.92 Å². The van der Waals surface area contributed by atoms with Crippen LogP contribution in [0.5, 0.6) is 0 Å². The second kappa shape index (κ2) is 8.42. The number of halogens is 2. The first-order valence-corrected chi connectivity index (χ1v) is 12.3. The van der Waals surface area contributed by atoms with Gasteiger partial charge in [0.05, 0.1) is 19.3 Å². The van der Waals surface area contributed by atoms with Gasteiger partial charge in [-0.2, -0.15) is 0 Å². The Morgan fingerprint density at radius 3 is 2.54 bits per heavy atom. The van der Waals surface area contributed by atoms with E-state index in [0.29, 0.717) is 0 Å². The van der Waals surface area contributed by atoms with Crippen molar-refractivity contribution in [2.24, 2.45) is 0 Å². The minimum atomic E-state index is -3.07. The summed E-state index contributed by atoms with van der Waals surface area (Å²) in [5.41, 5.74) is 0.834. The van der Waals surface area contributed by atoms with Crippen molar-refractivity contribution in [3.63, 3.8) is 0 Å². The topological polar surface area (TPSA) is 63.7 Å². The smallest absolute Gasteiger partial charge is 0.318 e. The van der Waals surface area contributed by atoms with Crippen molar-refractivity contribution in [3.8, 4) is 0 Å². The van der Waals surface area contributed by atoms with Gasteiger partial charge in [-0.05, 0) is 35.8 Å². The predicted molar refractivity (Wildman–Crippen MR) is 106 cm³/mol. The van der Waals surface area contributed by atoms with Crippen LogP contribution in [0.15, 0.2) is 24.5 Å². The number of urea groups is 1. The van der Waals surface area contributed by atoms with Crippen molar-refractivity contribution in [2.45, 2.75) is 56.9 Å². The van der Waals surface area contributed by atoms with Crippen LogP contribution >= 0.6 is 0 Å². The fourth-order valence-electron chi connectivity index (χ4n) is 2.60. The zero-order chi connectivity index (χ0) is 21.2. The number of carbonyl (C=O) groups is 1. The number of nitrogens with zero attached hydrogens (tertiary/aromatic N) is 2. The van der Waals surface area contributed by atoms with Crippen molar-refractivity contribution in [1.29, 1.82) is 0 Å². The fourth-order valence-corrected chi connectivity index (χ4v) is 3.60. The van der Waals surface area contributed by atoms with E-state index in [9.17, 15) is 13.6 Å². The van der Waals surface area contributed by atoms with Crippen molar-refractivity contribution < 1.29 is 22.7 Å². The van der Waals surface area contributed by atoms with Crippen LogP contribution in [0.1, 0.15) is 32.4 Å². The van der Waals surface area contributed by atoms with Crippen LogP contribution in [0.4, 0.5) is 13.6 Å². The summed E-state index contributed by atoms with van der Waals surface area (Å²) in [4.78, 5) is 18.1. The van der Waals surface area contributed by atoms with Gasteiger partial charge in [-0.25, -0.2) is 13.6 Å². The minimum Gasteiger partial charge on any atom is -0.414 e. The summed E-state index contributed by atoms with van der Waals surface area (Å²) >= 11 is 0. The average Bonchev–Trinajstić information content (AvgIpc) is 2.93. The van der Waals surface area contributed by atoms with Gasteiger partial charge in [-0.15, -0.1) is 0 Å². The molecule has 0 spiro atoms. The lowest BCUT2D eigenvalue weighted by Gasteiger charge is -2.39. The molecule has 1 aromatic rings. The van der Waals surface area contributed by atoms with Crippen molar-refractivity contribution in [1.82, 2.24) is 15.2 Å². The maximum atomic E-state index is 13.8. The van der Waals surface area contributed by atoms with Gasteiger partial charge in [0, 0.05) is 19.4 Å². The highest BCUT2D eigenvalue weighted by Gasteiger charge is 2.47. The molecule has 0 aliphatic carbocycles. The Hall–Kier alpha value is -1.58. The monoisotopic (exact) mass is 415 g/mol. The zero-order valence-corrected chi connectivity index (χ0v) is 18.5. The molecule has 2 atom stereocenters. The highest BCUT2D eigenvalue weighted by Crippen LogP contribution is 2.37. The Morgan fingerprint density at radius 1 is 1.43 bits per heavy atom. The summed E-state index contributed by atoms with van der Waals surface area (Å²) < 4.78 is 38.7. The first kappa shape index (κ1) is 22.7. The van der Waals surface area contributed by atoms with Gasteiger partial charge < -0.3 is 19.4 Å². The molecular formula is C19H31F2N3O3Si. The molecule has 2 unspecified atom stereocenters. The molecular weight excluding hydrogens is 384 g/mol. The van der Waals surface area contributed by atoms with Gasteiger partial charge in [-0.1, -0.05) is 20.8 Å². The van der Waals surface area contributed by atoms with Crippen LogP contribution in [0.25, 0.3) is 0 Å². The van der Waals surface area contributed by atoms with E-state index in [1.165, 1.54) is 4.90 Å². The van der Waals surface area contributed by atoms with E-state index in [4.69, 9.17) is 9.16 Å². The molecule has 0 saturated carbocycles. The molecule has 2 heterocycles. The van der Waals surface area contributed by atoms with E-state index in [0.717, 1.165) is 5.56 Å². The summed E-state index contributed by atoms with van der Waals surface area (Å²) in [6, 6.07) is 1.26. The van der Waals surface area contributed by atoms with Crippen molar-refractivity contribution >= 4 is 14.3 Å². The Bertz CT molecular complexity index is 668. The van der Waals surface area contributed by atoms with Gasteiger partial charge in [0.1, 0.15) is 12.6 Å². The molecule has 0 bridgehead atoms. The molecule has 1 aromatic heterocycles. The molecule has 0 radical (unpaired) electrons. The predicted octanol–water partition coefficient (Wildman–Crippen LogP) is 3.82. The van der Waals surface area contributed by atoms with Crippen LogP contribution in [0.3, 0.4) is 0 Å². The number of hydrogen-bond acceptors (Lipinski definition) is 4. The average molecular weight is 416 g/mol. The third-order valence-corrected chi connectivity index (χ3v) is 10.2. The molecule has 1 aliphatic heterocycles. The minimum absolute atomic E-state index is 0.0138. The van der Waals surface area contributed by atoms with Gasteiger partial charge in [-0.3, -0.25) is 4.98 Å². The van der Waals surface area contributed by atoms with Crippen LogP contribution in [0, 0.1) is 0 Å². The maximum Gasteiger partial charge on any atom is 0.318 e. The summed E-state index contributed by atoms with van der Waals surface area (Å²) in [6.07, 6.45) is 3.28. The van der Waals surface area contributed by atoms with E-state index in [1.54, 1.807) is 31.6 Å². The van der Waals surface area contributed by atoms with E-state index in [1.807, 2.05) is 0 Å². The summed E-state index contributed by atoms with van der Waals surface area (Å²) in [5, 5.41) is 2.41. The van der Waals surface area contributed by atoms with E-state index in [2.05, 4.69) is 44.2 Å².